The number of nitrogens with zero attached hydrogens (tertiary/aromatic N) is 1. The molecule has 1 saturated heterocycles. The number of Topliss-reactive ketones (excluding diaryl/α,β-unsaturated/α-hetero) is 1. The highest BCUT2D eigenvalue weighted by molar-refractivity contribution is 5.87. The summed E-state index contributed by atoms with van der Waals surface area (Å²) in [6.07, 6.45) is 0.413. The highest BCUT2D eigenvalue weighted by Gasteiger charge is 2.49. The summed E-state index contributed by atoms with van der Waals surface area (Å²) in [6, 6.07) is 0.0139. The lowest BCUT2D eigenvalue weighted by Gasteiger charge is -2.41. The predicted molar refractivity (Wildman–Crippen MR) is 36.2 cm³/mol. The zero-order chi connectivity index (χ0) is 8.01. The van der Waals surface area contributed by atoms with Crippen LogP contribution in [0.4, 0.5) is 4.79 Å². The third-order valence-corrected chi connectivity index (χ3v) is 2.60. The molecule has 0 aromatic carbocycles. The summed E-state index contributed by atoms with van der Waals surface area (Å²) in [6.45, 7) is 0.429. The molecule has 1 aliphatic carbocycles. The molecule has 1 saturated carbocycles. The molecule has 4 nitrogen and oxygen atoms in total. The zero-order valence-corrected chi connectivity index (χ0v) is 5.99. The molecule has 2 fully saturated rings. The van der Waals surface area contributed by atoms with Gasteiger partial charge in [-0.05, 0) is 6.42 Å². The molecule has 0 unspecified atom stereocenters. The summed E-state index contributed by atoms with van der Waals surface area (Å²) in [5, 5.41) is 8.58. The number of ketones is 1. The lowest BCUT2D eigenvalue weighted by molar-refractivity contribution is -0.124. The molecule has 11 heavy (non-hydrogen) atoms. The number of likely N-dealkylation sites (tertiary alicyclic amines) is 1. The van der Waals surface area contributed by atoms with Gasteiger partial charge in [0.2, 0.25) is 0 Å². The first-order valence-corrected chi connectivity index (χ1v) is 3.72. The van der Waals surface area contributed by atoms with Crippen molar-refractivity contribution < 1.29 is 14.7 Å². The first-order chi connectivity index (χ1) is 5.20. The topological polar surface area (TPSA) is 57.6 Å². The van der Waals surface area contributed by atoms with Crippen molar-refractivity contribution in [2.24, 2.45) is 5.92 Å². The van der Waals surface area contributed by atoms with Gasteiger partial charge in [0.05, 0.1) is 5.92 Å². The van der Waals surface area contributed by atoms with E-state index in [4.69, 9.17) is 5.11 Å². The molecule has 1 amide bonds. The number of carbonyl (C=O) groups is 2. The molecule has 1 N–H and O–H groups in total. The van der Waals surface area contributed by atoms with Crippen LogP contribution in [0.3, 0.4) is 0 Å². The van der Waals surface area contributed by atoms with E-state index in [1.54, 1.807) is 0 Å². The van der Waals surface area contributed by atoms with Gasteiger partial charge in [-0.3, -0.25) is 4.79 Å². The van der Waals surface area contributed by atoms with Crippen molar-refractivity contribution in [3.63, 3.8) is 0 Å². The van der Waals surface area contributed by atoms with Gasteiger partial charge in [-0.1, -0.05) is 0 Å². The Morgan fingerprint density at radius 3 is 2.91 bits per heavy atom. The van der Waals surface area contributed by atoms with E-state index in [1.165, 1.54) is 4.90 Å². The Morgan fingerprint density at radius 2 is 2.36 bits per heavy atom. The van der Waals surface area contributed by atoms with Gasteiger partial charge in [0.25, 0.3) is 0 Å². The molecule has 2 aliphatic rings. The number of hydrogen-bond donors (Lipinski definition) is 1. The lowest BCUT2D eigenvalue weighted by Crippen LogP contribution is -2.57. The van der Waals surface area contributed by atoms with Gasteiger partial charge in [-0.2, -0.15) is 0 Å². The van der Waals surface area contributed by atoms with Gasteiger partial charge in [0.1, 0.15) is 5.78 Å². The second kappa shape index (κ2) is 1.96. The second-order valence-electron chi connectivity index (χ2n) is 3.11. The summed E-state index contributed by atoms with van der Waals surface area (Å²) in [7, 11) is 0. The fourth-order valence-corrected chi connectivity index (χ4v) is 1.92. The van der Waals surface area contributed by atoms with Crippen LogP contribution >= 0.6 is 0 Å². The smallest absolute Gasteiger partial charge is 0.407 e. The quantitative estimate of drug-likeness (QED) is 0.548. The van der Waals surface area contributed by atoms with E-state index in [0.717, 1.165) is 6.42 Å². The average Bonchev–Trinajstić information content (AvgIpc) is 2.06. The van der Waals surface area contributed by atoms with Crippen molar-refractivity contribution in [3.8, 4) is 0 Å². The van der Waals surface area contributed by atoms with Crippen LogP contribution < -0.4 is 0 Å². The van der Waals surface area contributed by atoms with Gasteiger partial charge in [-0.15, -0.1) is 0 Å². The molecule has 0 bridgehead atoms. The highest BCUT2D eigenvalue weighted by Crippen LogP contribution is 2.36. The van der Waals surface area contributed by atoms with Crippen LogP contribution in [0.5, 0.6) is 0 Å². The summed E-state index contributed by atoms with van der Waals surface area (Å²) < 4.78 is 0. The number of hydrogen-bond acceptors (Lipinski definition) is 2. The van der Waals surface area contributed by atoms with Crippen molar-refractivity contribution in [2.45, 2.75) is 18.9 Å². The highest BCUT2D eigenvalue weighted by atomic mass is 16.4. The molecular formula is C7H9NO3. The third-order valence-electron chi connectivity index (χ3n) is 2.60. The standard InChI is InChI=1S/C7H9NO3/c9-6-2-1-5-4(6)3-8(5)7(10)11/h4-5H,1-3H2,(H,10,11)/t4-,5-/m0/s1. The second-order valence-corrected chi connectivity index (χ2v) is 3.11. The SMILES string of the molecule is O=C1CC[C@H]2[C@@H]1CN2C(=O)O. The maximum atomic E-state index is 11.0. The predicted octanol–water partition coefficient (Wildman–Crippen LogP) is 0.328. The maximum Gasteiger partial charge on any atom is 0.407 e. The minimum absolute atomic E-state index is 0.0139. The third kappa shape index (κ3) is 0.751. The van der Waals surface area contributed by atoms with E-state index in [9.17, 15) is 9.59 Å². The van der Waals surface area contributed by atoms with Crippen molar-refractivity contribution >= 4 is 11.9 Å². The summed E-state index contributed by atoms with van der Waals surface area (Å²) in [4.78, 5) is 22.8. The molecule has 1 aliphatic heterocycles. The number of carboxylic acid groups (broad SMARTS) is 1. The Bertz CT molecular complexity index is 226. The summed E-state index contributed by atoms with van der Waals surface area (Å²) in [5.41, 5.74) is 0. The van der Waals surface area contributed by atoms with Crippen LogP contribution in [-0.2, 0) is 4.79 Å². The van der Waals surface area contributed by atoms with Crippen molar-refractivity contribution in [3.05, 3.63) is 0 Å². The Hall–Kier alpha value is -1.06. The van der Waals surface area contributed by atoms with Gasteiger partial charge < -0.3 is 10.0 Å². The van der Waals surface area contributed by atoms with E-state index in [2.05, 4.69) is 0 Å². The van der Waals surface area contributed by atoms with Crippen molar-refractivity contribution in [2.75, 3.05) is 6.54 Å². The minimum atomic E-state index is -0.888. The van der Waals surface area contributed by atoms with Gasteiger partial charge in [0, 0.05) is 19.0 Å². The Labute approximate surface area is 63.8 Å². The molecule has 0 aromatic rings. The molecule has 2 rings (SSSR count). The minimum Gasteiger partial charge on any atom is -0.465 e. The fraction of sp³-hybridized carbons (Fsp3) is 0.714. The molecule has 2 atom stereocenters. The van der Waals surface area contributed by atoms with E-state index >= 15 is 0 Å². The van der Waals surface area contributed by atoms with Gasteiger partial charge in [-0.25, -0.2) is 4.79 Å². The number of rotatable bonds is 0. The first-order valence-electron chi connectivity index (χ1n) is 3.72. The molecule has 1 heterocycles. The number of carbonyl (C=O) groups excluding carboxylic acids is 1. The van der Waals surface area contributed by atoms with Gasteiger partial charge in [0.15, 0.2) is 0 Å². The first kappa shape index (κ1) is 6.64. The van der Waals surface area contributed by atoms with Crippen LogP contribution in [-0.4, -0.2) is 34.5 Å². The molecule has 0 aromatic heterocycles. The van der Waals surface area contributed by atoms with Crippen LogP contribution in [0.25, 0.3) is 0 Å². The Balaban J connectivity index is 2.07. The average molecular weight is 155 g/mol. The maximum absolute atomic E-state index is 11.0. The van der Waals surface area contributed by atoms with Crippen molar-refractivity contribution in [1.29, 1.82) is 0 Å². The van der Waals surface area contributed by atoms with E-state index < -0.39 is 6.09 Å². The van der Waals surface area contributed by atoms with E-state index in [0.29, 0.717) is 13.0 Å². The van der Waals surface area contributed by atoms with Crippen LogP contribution in [0, 0.1) is 5.92 Å². The normalized spacial score (nSPS) is 34.9. The zero-order valence-electron chi connectivity index (χ0n) is 5.99. The van der Waals surface area contributed by atoms with Crippen LogP contribution in [0.1, 0.15) is 12.8 Å². The molecule has 4 heteroatoms. The largest absolute Gasteiger partial charge is 0.465 e. The molecular weight excluding hydrogens is 146 g/mol. The lowest BCUT2D eigenvalue weighted by atomic mass is 9.92. The van der Waals surface area contributed by atoms with Crippen LogP contribution in [0.2, 0.25) is 0 Å². The number of amides is 1. The van der Waals surface area contributed by atoms with E-state index in [-0.39, 0.29) is 17.7 Å². The number of fused-ring (bicyclic) bond motifs is 1. The van der Waals surface area contributed by atoms with Crippen molar-refractivity contribution in [1.82, 2.24) is 4.90 Å². The summed E-state index contributed by atoms with van der Waals surface area (Å²) >= 11 is 0. The van der Waals surface area contributed by atoms with E-state index in [1.807, 2.05) is 0 Å². The molecule has 0 spiro atoms. The Morgan fingerprint density at radius 1 is 1.64 bits per heavy atom. The summed E-state index contributed by atoms with van der Waals surface area (Å²) in [5.74, 6) is 0.276. The fourth-order valence-electron chi connectivity index (χ4n) is 1.92. The van der Waals surface area contributed by atoms with Crippen LogP contribution in [0.15, 0.2) is 0 Å². The van der Waals surface area contributed by atoms with Gasteiger partial charge >= 0.3 is 6.09 Å². The monoisotopic (exact) mass is 155 g/mol. The Kier molecular flexibility index (Phi) is 1.19. The molecule has 60 valence electrons. The molecule has 0 radical (unpaired) electrons.